The van der Waals surface area contributed by atoms with Crippen LogP contribution in [-0.2, 0) is 4.79 Å². The van der Waals surface area contributed by atoms with Crippen molar-refractivity contribution in [3.63, 3.8) is 0 Å². The number of carbonyl (C=O) groups excluding carboxylic acids is 1. The molecule has 0 fully saturated rings. The zero-order valence-corrected chi connectivity index (χ0v) is 10.5. The summed E-state index contributed by atoms with van der Waals surface area (Å²) in [7, 11) is 0. The van der Waals surface area contributed by atoms with E-state index in [1.807, 2.05) is 0 Å². The lowest BCUT2D eigenvalue weighted by Gasteiger charge is -2.25. The van der Waals surface area contributed by atoms with Crippen molar-refractivity contribution in [1.82, 2.24) is 4.90 Å². The van der Waals surface area contributed by atoms with Crippen LogP contribution in [0.25, 0.3) is 0 Å². The molecule has 0 radical (unpaired) electrons. The number of nitrogens with zero attached hydrogens (tertiary/aromatic N) is 2. The van der Waals surface area contributed by atoms with Gasteiger partial charge in [-0.05, 0) is 19.9 Å². The molecule has 0 saturated heterocycles. The zero-order valence-electron chi connectivity index (χ0n) is 10.5. The Morgan fingerprint density at radius 3 is 2.58 bits per heavy atom. The molecule has 1 aromatic heterocycles. The summed E-state index contributed by atoms with van der Waals surface area (Å²) >= 11 is 0. The highest BCUT2D eigenvalue weighted by molar-refractivity contribution is 5.92. The number of amides is 1. The molecule has 0 aliphatic carbocycles. The lowest BCUT2D eigenvalue weighted by atomic mass is 10.2. The van der Waals surface area contributed by atoms with Crippen molar-refractivity contribution in [2.24, 2.45) is 0 Å². The number of nitro groups is 1. The third-order valence-electron chi connectivity index (χ3n) is 2.59. The van der Waals surface area contributed by atoms with E-state index in [4.69, 9.17) is 9.52 Å². The topological polar surface area (TPSA) is 114 Å². The minimum Gasteiger partial charge on any atom is -0.481 e. The van der Waals surface area contributed by atoms with Crippen LogP contribution in [0.2, 0.25) is 0 Å². The number of hydrogen-bond acceptors (Lipinski definition) is 5. The van der Waals surface area contributed by atoms with E-state index in [1.54, 1.807) is 13.8 Å². The summed E-state index contributed by atoms with van der Waals surface area (Å²) in [6, 6.07) is 1.76. The van der Waals surface area contributed by atoms with Crippen LogP contribution in [0.3, 0.4) is 0 Å². The summed E-state index contributed by atoms with van der Waals surface area (Å²) < 4.78 is 4.81. The van der Waals surface area contributed by atoms with Gasteiger partial charge in [-0.2, -0.15) is 0 Å². The Morgan fingerprint density at radius 2 is 2.16 bits per heavy atom. The summed E-state index contributed by atoms with van der Waals surface area (Å²) in [5, 5.41) is 19.2. The van der Waals surface area contributed by atoms with Crippen molar-refractivity contribution < 1.29 is 24.0 Å². The largest absolute Gasteiger partial charge is 0.481 e. The third kappa shape index (κ3) is 3.54. The Hall–Kier alpha value is -2.38. The maximum Gasteiger partial charge on any atom is 0.433 e. The predicted octanol–water partition coefficient (Wildman–Crippen LogP) is 1.51. The molecule has 19 heavy (non-hydrogen) atoms. The van der Waals surface area contributed by atoms with Gasteiger partial charge in [-0.15, -0.1) is 0 Å². The molecule has 0 spiro atoms. The second-order valence-electron chi connectivity index (χ2n) is 3.93. The van der Waals surface area contributed by atoms with Crippen molar-refractivity contribution in [3.05, 3.63) is 28.0 Å². The van der Waals surface area contributed by atoms with Crippen molar-refractivity contribution in [1.29, 1.82) is 0 Å². The molecule has 8 heteroatoms. The molecule has 8 nitrogen and oxygen atoms in total. The lowest BCUT2D eigenvalue weighted by molar-refractivity contribution is -0.402. The first-order valence-electron chi connectivity index (χ1n) is 5.63. The van der Waals surface area contributed by atoms with Gasteiger partial charge in [0.25, 0.3) is 5.91 Å². The SMILES string of the molecule is CCN(C(=O)c1ccc([N+](=O)[O-])o1)C(C)CC(=O)O. The molecule has 0 saturated carbocycles. The van der Waals surface area contributed by atoms with E-state index in [1.165, 1.54) is 11.0 Å². The lowest BCUT2D eigenvalue weighted by Crippen LogP contribution is -2.39. The van der Waals surface area contributed by atoms with Gasteiger partial charge in [0.2, 0.25) is 0 Å². The fraction of sp³-hybridized carbons (Fsp3) is 0.455. The molecule has 0 aliphatic heterocycles. The quantitative estimate of drug-likeness (QED) is 0.619. The van der Waals surface area contributed by atoms with Crippen molar-refractivity contribution in [3.8, 4) is 0 Å². The van der Waals surface area contributed by atoms with E-state index >= 15 is 0 Å². The van der Waals surface area contributed by atoms with E-state index in [-0.39, 0.29) is 18.7 Å². The van der Waals surface area contributed by atoms with Crippen LogP contribution < -0.4 is 0 Å². The van der Waals surface area contributed by atoms with E-state index in [0.717, 1.165) is 6.07 Å². The highest BCUT2D eigenvalue weighted by Crippen LogP contribution is 2.18. The van der Waals surface area contributed by atoms with Crippen LogP contribution in [0.5, 0.6) is 0 Å². The second kappa shape index (κ2) is 5.98. The molecule has 1 atom stereocenters. The van der Waals surface area contributed by atoms with Crippen molar-refractivity contribution >= 4 is 17.8 Å². The maximum absolute atomic E-state index is 12.1. The average Bonchev–Trinajstić information content (AvgIpc) is 2.77. The highest BCUT2D eigenvalue weighted by Gasteiger charge is 2.26. The second-order valence-corrected chi connectivity index (χ2v) is 3.93. The Morgan fingerprint density at radius 1 is 1.53 bits per heavy atom. The minimum absolute atomic E-state index is 0.175. The third-order valence-corrected chi connectivity index (χ3v) is 2.59. The van der Waals surface area contributed by atoms with Gasteiger partial charge in [0.1, 0.15) is 4.92 Å². The smallest absolute Gasteiger partial charge is 0.433 e. The van der Waals surface area contributed by atoms with Crippen LogP contribution in [0.1, 0.15) is 30.8 Å². The van der Waals surface area contributed by atoms with Gasteiger partial charge in [-0.3, -0.25) is 19.7 Å². The van der Waals surface area contributed by atoms with E-state index in [2.05, 4.69) is 0 Å². The first-order chi connectivity index (χ1) is 8.86. The Bertz CT molecular complexity index is 495. The first-order valence-corrected chi connectivity index (χ1v) is 5.63. The molecule has 1 unspecified atom stereocenters. The molecule has 1 heterocycles. The Kier molecular flexibility index (Phi) is 4.62. The van der Waals surface area contributed by atoms with E-state index < -0.39 is 28.7 Å². The molecule has 0 bridgehead atoms. The standard InChI is InChI=1S/C11H14N2O6/c1-3-12(7(2)6-10(14)15)11(16)8-4-5-9(19-8)13(17)18/h4-5,7H,3,6H2,1-2H3,(H,14,15). The summed E-state index contributed by atoms with van der Waals surface area (Å²) in [5.74, 6) is -2.29. The minimum atomic E-state index is -1.02. The number of hydrogen-bond donors (Lipinski definition) is 1. The van der Waals surface area contributed by atoms with Crippen LogP contribution in [0, 0.1) is 10.1 Å². The van der Waals surface area contributed by atoms with Gasteiger partial charge in [0.15, 0.2) is 5.76 Å². The molecular weight excluding hydrogens is 256 g/mol. The Labute approximate surface area is 108 Å². The van der Waals surface area contributed by atoms with Gasteiger partial charge in [-0.25, -0.2) is 0 Å². The van der Waals surface area contributed by atoms with Crippen LogP contribution in [-0.4, -0.2) is 39.4 Å². The van der Waals surface area contributed by atoms with Gasteiger partial charge in [0.05, 0.1) is 12.5 Å². The molecule has 0 aromatic carbocycles. The van der Waals surface area contributed by atoms with Gasteiger partial charge < -0.3 is 14.4 Å². The summed E-state index contributed by atoms with van der Waals surface area (Å²) in [4.78, 5) is 33.7. The zero-order chi connectivity index (χ0) is 14.6. The molecular formula is C11H14N2O6. The van der Waals surface area contributed by atoms with Gasteiger partial charge in [-0.1, -0.05) is 0 Å². The number of carboxylic acid groups (broad SMARTS) is 1. The fourth-order valence-corrected chi connectivity index (χ4v) is 1.70. The molecule has 1 rings (SSSR count). The van der Waals surface area contributed by atoms with Crippen LogP contribution in [0.4, 0.5) is 5.88 Å². The van der Waals surface area contributed by atoms with Crippen molar-refractivity contribution in [2.75, 3.05) is 6.54 Å². The molecule has 0 aliphatic rings. The molecule has 104 valence electrons. The fourth-order valence-electron chi connectivity index (χ4n) is 1.70. The normalized spacial score (nSPS) is 11.9. The van der Waals surface area contributed by atoms with Crippen molar-refractivity contribution in [2.45, 2.75) is 26.3 Å². The number of carbonyl (C=O) groups is 2. The van der Waals surface area contributed by atoms with Crippen LogP contribution >= 0.6 is 0 Å². The summed E-state index contributed by atoms with van der Waals surface area (Å²) in [5.41, 5.74) is 0. The maximum atomic E-state index is 12.1. The van der Waals surface area contributed by atoms with E-state index in [0.29, 0.717) is 0 Å². The van der Waals surface area contributed by atoms with E-state index in [9.17, 15) is 19.7 Å². The molecule has 1 N–H and O–H groups in total. The summed E-state index contributed by atoms with van der Waals surface area (Å²) in [6.45, 7) is 3.56. The molecule has 1 aromatic rings. The molecule has 1 amide bonds. The van der Waals surface area contributed by atoms with Gasteiger partial charge >= 0.3 is 11.9 Å². The number of aliphatic carboxylic acids is 1. The number of carboxylic acids is 1. The monoisotopic (exact) mass is 270 g/mol. The number of rotatable bonds is 6. The Balaban J connectivity index is 2.88. The highest BCUT2D eigenvalue weighted by atomic mass is 16.6. The predicted molar refractivity (Wildman–Crippen MR) is 63.8 cm³/mol. The van der Waals surface area contributed by atoms with Crippen LogP contribution in [0.15, 0.2) is 16.5 Å². The van der Waals surface area contributed by atoms with Gasteiger partial charge in [0, 0.05) is 12.6 Å². The summed E-state index contributed by atoms with van der Waals surface area (Å²) in [6.07, 6.45) is -0.206. The first kappa shape index (κ1) is 14.7. The average molecular weight is 270 g/mol. The number of furan rings is 1.